The molecular weight excluding hydrogens is 320 g/mol. The molecule has 0 saturated heterocycles. The highest BCUT2D eigenvalue weighted by atomic mass is 35.5. The second kappa shape index (κ2) is 5.41. The van der Waals surface area contributed by atoms with Crippen molar-refractivity contribution in [3.8, 4) is 5.69 Å². The molecule has 1 radical (unpaired) electrons. The molecule has 0 N–H and O–H groups in total. The maximum Gasteiger partial charge on any atom is 0.177 e. The Kier molecular flexibility index (Phi) is 3.70. The molecular formula is C16H14ClN2O2S. The van der Waals surface area contributed by atoms with Gasteiger partial charge in [-0.05, 0) is 30.3 Å². The van der Waals surface area contributed by atoms with Crippen molar-refractivity contribution in [2.75, 3.05) is 6.26 Å². The predicted octanol–water partition coefficient (Wildman–Crippen LogP) is 3.44. The zero-order valence-electron chi connectivity index (χ0n) is 12.2. The van der Waals surface area contributed by atoms with Gasteiger partial charge in [0.2, 0.25) is 0 Å². The van der Waals surface area contributed by atoms with Gasteiger partial charge >= 0.3 is 0 Å². The fourth-order valence-corrected chi connectivity index (χ4v) is 3.78. The Morgan fingerprint density at radius 2 is 2.14 bits per heavy atom. The molecule has 22 heavy (non-hydrogen) atoms. The van der Waals surface area contributed by atoms with Crippen molar-refractivity contribution in [3.63, 3.8) is 0 Å². The lowest BCUT2D eigenvalue weighted by atomic mass is 10.2. The molecule has 0 aliphatic rings. The third-order valence-corrected chi connectivity index (χ3v) is 5.00. The summed E-state index contributed by atoms with van der Waals surface area (Å²) >= 11 is 6.17. The van der Waals surface area contributed by atoms with E-state index in [0.29, 0.717) is 5.52 Å². The zero-order chi connectivity index (χ0) is 15.9. The minimum absolute atomic E-state index is 0.105. The SMILES string of the molecule is CCc1nc2cc(S(C)(=O)=O)c(Cl)cc2n1-c1c[c]ccc1. The summed E-state index contributed by atoms with van der Waals surface area (Å²) in [5.74, 6) is 0.844. The van der Waals surface area contributed by atoms with Gasteiger partial charge < -0.3 is 0 Å². The molecule has 113 valence electrons. The lowest BCUT2D eigenvalue weighted by molar-refractivity contribution is 0.602. The number of benzene rings is 2. The Morgan fingerprint density at radius 1 is 1.36 bits per heavy atom. The smallest absolute Gasteiger partial charge is 0.177 e. The minimum atomic E-state index is -3.39. The van der Waals surface area contributed by atoms with Gasteiger partial charge in [0, 0.05) is 18.4 Å². The topological polar surface area (TPSA) is 52.0 Å². The largest absolute Gasteiger partial charge is 0.296 e. The van der Waals surface area contributed by atoms with E-state index >= 15 is 0 Å². The molecule has 3 aromatic rings. The number of aryl methyl sites for hydroxylation is 1. The second-order valence-corrected chi connectivity index (χ2v) is 7.41. The number of fused-ring (bicyclic) bond motifs is 1. The van der Waals surface area contributed by atoms with Crippen LogP contribution in [0.25, 0.3) is 16.7 Å². The first-order chi connectivity index (χ1) is 10.4. The molecule has 3 rings (SSSR count). The van der Waals surface area contributed by atoms with Crippen LogP contribution in [0, 0.1) is 6.07 Å². The summed E-state index contributed by atoms with van der Waals surface area (Å²) in [5, 5.41) is 0.207. The summed E-state index contributed by atoms with van der Waals surface area (Å²) in [6, 6.07) is 13.8. The summed E-state index contributed by atoms with van der Waals surface area (Å²) in [6.45, 7) is 2.00. The summed E-state index contributed by atoms with van der Waals surface area (Å²) in [7, 11) is -3.39. The second-order valence-electron chi connectivity index (χ2n) is 5.02. The van der Waals surface area contributed by atoms with E-state index in [1.165, 1.54) is 6.07 Å². The Bertz CT molecular complexity index is 947. The van der Waals surface area contributed by atoms with Crippen LogP contribution >= 0.6 is 11.6 Å². The fraction of sp³-hybridized carbons (Fsp3) is 0.188. The molecule has 1 aromatic heterocycles. The Hall–Kier alpha value is -1.85. The number of hydrogen-bond acceptors (Lipinski definition) is 3. The monoisotopic (exact) mass is 333 g/mol. The summed E-state index contributed by atoms with van der Waals surface area (Å²) in [4.78, 5) is 4.65. The zero-order valence-corrected chi connectivity index (χ0v) is 13.7. The van der Waals surface area contributed by atoms with Crippen LogP contribution in [0.2, 0.25) is 5.02 Å². The fourth-order valence-electron chi connectivity index (χ4n) is 2.46. The number of halogens is 1. The van der Waals surface area contributed by atoms with Gasteiger partial charge in [0.1, 0.15) is 5.82 Å². The maximum atomic E-state index is 11.8. The highest BCUT2D eigenvalue weighted by Gasteiger charge is 2.18. The van der Waals surface area contributed by atoms with Gasteiger partial charge in [-0.15, -0.1) is 0 Å². The lowest BCUT2D eigenvalue weighted by Gasteiger charge is -2.08. The van der Waals surface area contributed by atoms with E-state index in [1.54, 1.807) is 6.07 Å². The van der Waals surface area contributed by atoms with E-state index in [0.717, 1.165) is 29.7 Å². The molecule has 0 bridgehead atoms. The van der Waals surface area contributed by atoms with Crippen molar-refractivity contribution in [1.29, 1.82) is 0 Å². The third-order valence-electron chi connectivity index (χ3n) is 3.44. The van der Waals surface area contributed by atoms with Crippen molar-refractivity contribution >= 4 is 32.5 Å². The van der Waals surface area contributed by atoms with Gasteiger partial charge in [0.05, 0.1) is 21.0 Å². The number of sulfone groups is 1. The molecule has 0 unspecified atom stereocenters. The van der Waals surface area contributed by atoms with E-state index in [4.69, 9.17) is 11.6 Å². The number of imidazole rings is 1. The molecule has 0 aliphatic carbocycles. The number of hydrogen-bond donors (Lipinski definition) is 0. The van der Waals surface area contributed by atoms with E-state index in [1.807, 2.05) is 35.8 Å². The molecule has 1 heterocycles. The normalized spacial score (nSPS) is 12.0. The first-order valence-electron chi connectivity index (χ1n) is 6.79. The van der Waals surface area contributed by atoms with Crippen LogP contribution in [0.3, 0.4) is 0 Å². The van der Waals surface area contributed by atoms with Crippen LogP contribution in [0.5, 0.6) is 0 Å². The molecule has 0 spiro atoms. The third kappa shape index (κ3) is 2.51. The Morgan fingerprint density at radius 3 is 2.73 bits per heavy atom. The first-order valence-corrected chi connectivity index (χ1v) is 9.06. The predicted molar refractivity (Wildman–Crippen MR) is 87.4 cm³/mol. The average Bonchev–Trinajstić information content (AvgIpc) is 2.83. The van der Waals surface area contributed by atoms with Crippen LogP contribution in [-0.2, 0) is 16.3 Å². The Labute approximate surface area is 134 Å². The molecule has 2 aromatic carbocycles. The number of aromatic nitrogens is 2. The molecule has 0 fully saturated rings. The molecule has 0 atom stereocenters. The number of rotatable bonds is 3. The van der Waals surface area contributed by atoms with E-state index in [2.05, 4.69) is 11.1 Å². The van der Waals surface area contributed by atoms with E-state index in [9.17, 15) is 8.42 Å². The van der Waals surface area contributed by atoms with Crippen LogP contribution in [0.1, 0.15) is 12.7 Å². The van der Waals surface area contributed by atoms with Gasteiger partial charge in [0.15, 0.2) is 9.84 Å². The van der Waals surface area contributed by atoms with Crippen LogP contribution in [0.4, 0.5) is 0 Å². The average molecular weight is 334 g/mol. The van der Waals surface area contributed by atoms with Crippen molar-refractivity contribution in [2.45, 2.75) is 18.2 Å². The van der Waals surface area contributed by atoms with Crippen LogP contribution < -0.4 is 0 Å². The minimum Gasteiger partial charge on any atom is -0.296 e. The standard InChI is InChI=1S/C16H14ClN2O2S/c1-3-16-18-13-10-15(22(2,20)21)12(17)9-14(13)19(16)11-7-5-4-6-8-11/h4-5,7-10H,3H2,1-2H3. The van der Waals surface area contributed by atoms with Gasteiger partial charge in [0.25, 0.3) is 0 Å². The van der Waals surface area contributed by atoms with Gasteiger partial charge in [-0.1, -0.05) is 30.7 Å². The molecule has 0 aliphatic heterocycles. The van der Waals surface area contributed by atoms with E-state index < -0.39 is 9.84 Å². The van der Waals surface area contributed by atoms with Gasteiger partial charge in [-0.3, -0.25) is 4.57 Å². The highest BCUT2D eigenvalue weighted by Crippen LogP contribution is 2.30. The van der Waals surface area contributed by atoms with Crippen LogP contribution in [-0.4, -0.2) is 24.2 Å². The molecule has 0 saturated carbocycles. The van der Waals surface area contributed by atoms with Crippen molar-refractivity contribution in [3.05, 3.63) is 53.3 Å². The highest BCUT2D eigenvalue weighted by molar-refractivity contribution is 7.90. The maximum absolute atomic E-state index is 11.8. The van der Waals surface area contributed by atoms with Crippen LogP contribution in [0.15, 0.2) is 41.3 Å². The summed E-state index contributed by atoms with van der Waals surface area (Å²) in [5.41, 5.74) is 2.32. The number of nitrogens with zero attached hydrogens (tertiary/aromatic N) is 2. The van der Waals surface area contributed by atoms with Crippen molar-refractivity contribution in [2.24, 2.45) is 0 Å². The van der Waals surface area contributed by atoms with Gasteiger partial charge in [-0.25, -0.2) is 13.4 Å². The Balaban J connectivity index is 2.36. The molecule has 4 nitrogen and oxygen atoms in total. The first kappa shape index (κ1) is 15.1. The summed E-state index contributed by atoms with van der Waals surface area (Å²) in [6.07, 6.45) is 1.86. The van der Waals surface area contributed by atoms with Crippen molar-refractivity contribution in [1.82, 2.24) is 9.55 Å². The lowest BCUT2D eigenvalue weighted by Crippen LogP contribution is -2.00. The molecule has 6 heteroatoms. The van der Waals surface area contributed by atoms with Crippen molar-refractivity contribution < 1.29 is 8.42 Å². The van der Waals surface area contributed by atoms with Gasteiger partial charge in [-0.2, -0.15) is 0 Å². The summed E-state index contributed by atoms with van der Waals surface area (Å²) < 4.78 is 25.6. The molecule has 0 amide bonds. The quantitative estimate of drug-likeness (QED) is 0.737. The van der Waals surface area contributed by atoms with E-state index in [-0.39, 0.29) is 9.92 Å².